The van der Waals surface area contributed by atoms with Crippen molar-refractivity contribution in [2.24, 2.45) is 0 Å². The molecule has 19 heavy (non-hydrogen) atoms. The molecule has 0 aliphatic heterocycles. The predicted molar refractivity (Wildman–Crippen MR) is 81.0 cm³/mol. The largest absolute Gasteiger partial charge is 0.383 e. The van der Waals surface area contributed by atoms with Crippen LogP contribution in [0.2, 0.25) is 0 Å². The molecule has 3 aromatic rings. The van der Waals surface area contributed by atoms with Gasteiger partial charge in [0.25, 0.3) is 0 Å². The summed E-state index contributed by atoms with van der Waals surface area (Å²) in [6.07, 6.45) is 4.33. The van der Waals surface area contributed by atoms with Gasteiger partial charge in [-0.1, -0.05) is 6.07 Å². The molecule has 3 aromatic heterocycles. The number of hydrogen-bond acceptors (Lipinski definition) is 5. The molecular formula is C14H13N3S2. The molecule has 96 valence electrons. The van der Waals surface area contributed by atoms with Gasteiger partial charge in [0.05, 0.1) is 5.39 Å². The molecule has 3 heterocycles. The fourth-order valence-corrected chi connectivity index (χ4v) is 4.71. The molecule has 0 spiro atoms. The second-order valence-electron chi connectivity index (χ2n) is 4.82. The first kappa shape index (κ1) is 11.4. The van der Waals surface area contributed by atoms with Gasteiger partial charge in [0, 0.05) is 16.2 Å². The summed E-state index contributed by atoms with van der Waals surface area (Å²) in [6, 6.07) is 4.17. The van der Waals surface area contributed by atoms with Crippen LogP contribution in [0, 0.1) is 0 Å². The minimum absolute atomic E-state index is 0.663. The Labute approximate surface area is 119 Å². The summed E-state index contributed by atoms with van der Waals surface area (Å²) in [5, 5.41) is 3.20. The molecule has 0 fully saturated rings. The summed E-state index contributed by atoms with van der Waals surface area (Å²) in [5.41, 5.74) is 7.57. The van der Waals surface area contributed by atoms with Gasteiger partial charge in [0.1, 0.15) is 16.5 Å². The highest BCUT2D eigenvalue weighted by atomic mass is 32.1. The van der Waals surface area contributed by atoms with Gasteiger partial charge in [-0.3, -0.25) is 0 Å². The van der Waals surface area contributed by atoms with Crippen molar-refractivity contribution in [3.8, 4) is 0 Å². The second-order valence-corrected chi connectivity index (χ2v) is 6.93. The number of thiophene rings is 2. The van der Waals surface area contributed by atoms with Crippen molar-refractivity contribution in [2.45, 2.75) is 25.7 Å². The van der Waals surface area contributed by atoms with Crippen LogP contribution in [0.4, 0.5) is 5.82 Å². The Balaban J connectivity index is 1.82. The number of nitrogens with two attached hydrogens (primary N) is 1. The number of aryl methyl sites for hydroxylation is 2. The monoisotopic (exact) mass is 287 g/mol. The van der Waals surface area contributed by atoms with Crippen molar-refractivity contribution in [2.75, 3.05) is 5.73 Å². The van der Waals surface area contributed by atoms with Gasteiger partial charge in [0.2, 0.25) is 0 Å². The maximum Gasteiger partial charge on any atom is 0.137 e. The number of rotatable bonds is 2. The third-order valence-corrected chi connectivity index (χ3v) is 5.61. The van der Waals surface area contributed by atoms with E-state index in [1.165, 1.54) is 28.2 Å². The van der Waals surface area contributed by atoms with E-state index in [0.29, 0.717) is 5.82 Å². The lowest BCUT2D eigenvalue weighted by Crippen LogP contribution is -2.00. The van der Waals surface area contributed by atoms with E-state index in [-0.39, 0.29) is 0 Å². The lowest BCUT2D eigenvalue weighted by Gasteiger charge is -2.02. The zero-order valence-corrected chi connectivity index (χ0v) is 12.0. The van der Waals surface area contributed by atoms with Crippen LogP contribution in [0.1, 0.15) is 27.6 Å². The Morgan fingerprint density at radius 2 is 2.21 bits per heavy atom. The van der Waals surface area contributed by atoms with Gasteiger partial charge in [-0.25, -0.2) is 9.97 Å². The fourth-order valence-electron chi connectivity index (χ4n) is 2.72. The Morgan fingerprint density at radius 1 is 1.26 bits per heavy atom. The van der Waals surface area contributed by atoms with E-state index in [0.717, 1.165) is 28.9 Å². The standard InChI is InChI=1S/C14H13N3S2/c15-13-12-9-4-1-5-10(9)19-14(12)17-11(16-13)7-8-3-2-6-18-8/h2-3,6H,1,4-5,7H2,(H2,15,16,17). The number of nitrogen functional groups attached to an aromatic ring is 1. The van der Waals surface area contributed by atoms with Crippen LogP contribution in [0.25, 0.3) is 10.2 Å². The van der Waals surface area contributed by atoms with Gasteiger partial charge in [-0.05, 0) is 36.3 Å². The molecule has 3 nitrogen and oxygen atoms in total. The number of nitrogens with zero attached hydrogens (tertiary/aromatic N) is 2. The van der Waals surface area contributed by atoms with Gasteiger partial charge in [-0.15, -0.1) is 22.7 Å². The van der Waals surface area contributed by atoms with Gasteiger partial charge >= 0.3 is 0 Å². The highest BCUT2D eigenvalue weighted by molar-refractivity contribution is 7.19. The maximum atomic E-state index is 6.16. The zero-order valence-electron chi connectivity index (χ0n) is 10.3. The molecular weight excluding hydrogens is 274 g/mol. The van der Waals surface area contributed by atoms with Crippen LogP contribution in [0.5, 0.6) is 0 Å². The van der Waals surface area contributed by atoms with E-state index in [9.17, 15) is 0 Å². The number of hydrogen-bond donors (Lipinski definition) is 1. The van der Waals surface area contributed by atoms with Crippen LogP contribution in [0.15, 0.2) is 17.5 Å². The maximum absolute atomic E-state index is 6.16. The Hall–Kier alpha value is -1.46. The molecule has 0 radical (unpaired) electrons. The summed E-state index contributed by atoms with van der Waals surface area (Å²) in [7, 11) is 0. The molecule has 0 amide bonds. The quantitative estimate of drug-likeness (QED) is 0.785. The van der Waals surface area contributed by atoms with E-state index >= 15 is 0 Å². The first-order valence-corrected chi connectivity index (χ1v) is 8.10. The molecule has 4 rings (SSSR count). The normalized spacial score (nSPS) is 14.1. The molecule has 0 atom stereocenters. The molecule has 1 aliphatic carbocycles. The summed E-state index contributed by atoms with van der Waals surface area (Å²) in [5.74, 6) is 1.50. The lowest BCUT2D eigenvalue weighted by molar-refractivity contribution is 0.916. The molecule has 5 heteroatoms. The molecule has 0 saturated carbocycles. The molecule has 2 N–H and O–H groups in total. The summed E-state index contributed by atoms with van der Waals surface area (Å²) >= 11 is 3.54. The van der Waals surface area contributed by atoms with Crippen LogP contribution in [0.3, 0.4) is 0 Å². The topological polar surface area (TPSA) is 51.8 Å². The van der Waals surface area contributed by atoms with Crippen molar-refractivity contribution < 1.29 is 0 Å². The summed E-state index contributed by atoms with van der Waals surface area (Å²) < 4.78 is 0. The predicted octanol–water partition coefficient (Wildman–Crippen LogP) is 3.41. The van der Waals surface area contributed by atoms with Gasteiger partial charge in [-0.2, -0.15) is 0 Å². The first-order chi connectivity index (χ1) is 9.31. The third kappa shape index (κ3) is 1.84. The summed E-state index contributed by atoms with van der Waals surface area (Å²) in [4.78, 5) is 13.0. The average molecular weight is 287 g/mol. The van der Waals surface area contributed by atoms with E-state index in [1.54, 1.807) is 22.7 Å². The van der Waals surface area contributed by atoms with Gasteiger partial charge in [0.15, 0.2) is 0 Å². The molecule has 0 bridgehead atoms. The molecule has 0 saturated heterocycles. The van der Waals surface area contributed by atoms with Crippen molar-refractivity contribution in [1.29, 1.82) is 0 Å². The van der Waals surface area contributed by atoms with Crippen molar-refractivity contribution >= 4 is 38.7 Å². The highest BCUT2D eigenvalue weighted by Crippen LogP contribution is 2.38. The van der Waals surface area contributed by atoms with Crippen LogP contribution in [-0.2, 0) is 19.3 Å². The Kier molecular flexibility index (Phi) is 2.56. The summed E-state index contributed by atoms with van der Waals surface area (Å²) in [6.45, 7) is 0. The van der Waals surface area contributed by atoms with Crippen LogP contribution < -0.4 is 5.73 Å². The molecule has 0 unspecified atom stereocenters. The lowest BCUT2D eigenvalue weighted by atomic mass is 10.2. The number of aromatic nitrogens is 2. The van der Waals surface area contributed by atoms with Crippen LogP contribution >= 0.6 is 22.7 Å². The van der Waals surface area contributed by atoms with Crippen molar-refractivity contribution in [3.63, 3.8) is 0 Å². The smallest absolute Gasteiger partial charge is 0.137 e. The second kappa shape index (κ2) is 4.28. The van der Waals surface area contributed by atoms with Crippen LogP contribution in [-0.4, -0.2) is 9.97 Å². The van der Waals surface area contributed by atoms with E-state index < -0.39 is 0 Å². The van der Waals surface area contributed by atoms with E-state index in [1.807, 2.05) is 0 Å². The zero-order chi connectivity index (χ0) is 12.8. The highest BCUT2D eigenvalue weighted by Gasteiger charge is 2.21. The van der Waals surface area contributed by atoms with Crippen molar-refractivity contribution in [1.82, 2.24) is 9.97 Å². The van der Waals surface area contributed by atoms with Gasteiger partial charge < -0.3 is 5.73 Å². The third-order valence-electron chi connectivity index (χ3n) is 3.55. The average Bonchev–Trinajstić information content (AvgIpc) is 3.03. The van der Waals surface area contributed by atoms with E-state index in [4.69, 9.17) is 10.7 Å². The molecule has 0 aromatic carbocycles. The Morgan fingerprint density at radius 3 is 3.05 bits per heavy atom. The van der Waals surface area contributed by atoms with Crippen molar-refractivity contribution in [3.05, 3.63) is 38.7 Å². The van der Waals surface area contributed by atoms with E-state index in [2.05, 4.69) is 22.5 Å². The minimum atomic E-state index is 0.663. The number of fused-ring (bicyclic) bond motifs is 3. The SMILES string of the molecule is Nc1nc(Cc2cccs2)nc2sc3c(c12)CCC3. The first-order valence-electron chi connectivity index (χ1n) is 6.40. The minimum Gasteiger partial charge on any atom is -0.383 e. The Bertz CT molecular complexity index is 744. The molecule has 1 aliphatic rings. The number of anilines is 1. The fraction of sp³-hybridized carbons (Fsp3) is 0.286.